The molecule has 6 aromatic rings. The Labute approximate surface area is 163 Å². The Balaban J connectivity index is 1.63. The largest absolute Gasteiger partial charge is 0.437 e. The molecule has 0 N–H and O–H groups in total. The Hall–Kier alpha value is -3.04. The van der Waals surface area contributed by atoms with Crippen molar-refractivity contribution in [3.05, 3.63) is 89.4 Å². The Morgan fingerprint density at radius 2 is 1.41 bits per heavy atom. The molecule has 0 atom stereocenters. The normalized spacial score (nSPS) is 11.9. The van der Waals surface area contributed by atoms with E-state index in [1.165, 1.54) is 21.9 Å². The molecule has 0 radical (unpaired) electrons. The van der Waals surface area contributed by atoms with Gasteiger partial charge in [0.2, 0.25) is 5.71 Å². The summed E-state index contributed by atoms with van der Waals surface area (Å²) in [7, 11) is 0. The van der Waals surface area contributed by atoms with Gasteiger partial charge in [-0.1, -0.05) is 54.6 Å². The minimum atomic E-state index is 0.849. The van der Waals surface area contributed by atoms with E-state index in [2.05, 4.69) is 87.1 Å². The van der Waals surface area contributed by atoms with Crippen LogP contribution in [0, 0.1) is 0 Å². The lowest BCUT2D eigenvalue weighted by atomic mass is 10.0. The Morgan fingerprint density at radius 3 is 2.33 bits per heavy atom. The molecule has 128 valence electrons. The molecule has 0 amide bonds. The molecule has 2 nitrogen and oxygen atoms in total. The van der Waals surface area contributed by atoms with Crippen molar-refractivity contribution in [2.45, 2.75) is 0 Å². The van der Waals surface area contributed by atoms with Gasteiger partial charge < -0.3 is 4.42 Å². The van der Waals surface area contributed by atoms with E-state index in [-0.39, 0.29) is 0 Å². The van der Waals surface area contributed by atoms with Crippen LogP contribution in [0.25, 0.3) is 49.6 Å². The molecule has 2 heterocycles. The molecule has 0 fully saturated rings. The highest BCUT2D eigenvalue weighted by Crippen LogP contribution is 2.38. The smallest absolute Gasteiger partial charge is 0.220 e. The summed E-state index contributed by atoms with van der Waals surface area (Å²) in [6.45, 7) is 0. The zero-order chi connectivity index (χ0) is 18.0. The molecule has 0 unspecified atom stereocenters. The average Bonchev–Trinajstić information content (AvgIpc) is 3.23. The van der Waals surface area contributed by atoms with E-state index in [0.717, 1.165) is 32.2 Å². The van der Waals surface area contributed by atoms with Crippen molar-refractivity contribution in [2.75, 3.05) is 0 Å². The van der Waals surface area contributed by atoms with Crippen LogP contribution in [0.15, 0.2) is 93.8 Å². The van der Waals surface area contributed by atoms with Gasteiger partial charge >= 0.3 is 0 Å². The van der Waals surface area contributed by atoms with E-state index >= 15 is 0 Å². The fourth-order valence-electron chi connectivity index (χ4n) is 3.94. The maximum absolute atomic E-state index is 6.09. The van der Waals surface area contributed by atoms with E-state index in [4.69, 9.17) is 4.42 Å². The van der Waals surface area contributed by atoms with Crippen LogP contribution in [-0.2, 0) is 0 Å². The predicted octanol–water partition coefficient (Wildman–Crippen LogP) is 7.42. The summed E-state index contributed by atoms with van der Waals surface area (Å²) in [4.78, 5) is 0. The molecule has 0 aliphatic carbocycles. The third-order valence-corrected chi connectivity index (χ3v) is 6.03. The number of hydrogen-bond donors (Lipinski definition) is 0. The van der Waals surface area contributed by atoms with Gasteiger partial charge in [0, 0.05) is 5.39 Å². The minimum absolute atomic E-state index is 0.849. The van der Waals surface area contributed by atoms with Gasteiger partial charge in [0.05, 0.1) is 15.5 Å². The highest BCUT2D eigenvalue weighted by molar-refractivity contribution is 9.10. The van der Waals surface area contributed by atoms with Gasteiger partial charge in [-0.2, -0.15) is 0 Å². The summed E-state index contributed by atoms with van der Waals surface area (Å²) >= 11 is 3.76. The topological polar surface area (TPSA) is 17.6 Å². The predicted molar refractivity (Wildman–Crippen MR) is 115 cm³/mol. The van der Waals surface area contributed by atoms with Crippen LogP contribution in [0.2, 0.25) is 0 Å². The van der Waals surface area contributed by atoms with E-state index < -0.39 is 0 Å². The first-order valence-electron chi connectivity index (χ1n) is 8.90. The van der Waals surface area contributed by atoms with Crippen molar-refractivity contribution in [2.24, 2.45) is 0 Å². The number of fused-ring (bicyclic) bond motifs is 6. The second-order valence-corrected chi connectivity index (χ2v) is 7.61. The van der Waals surface area contributed by atoms with Crippen LogP contribution in [0.4, 0.5) is 0 Å². The van der Waals surface area contributed by atoms with E-state index in [1.807, 2.05) is 18.2 Å². The zero-order valence-electron chi connectivity index (χ0n) is 14.3. The van der Waals surface area contributed by atoms with Crippen LogP contribution in [0.3, 0.4) is 0 Å². The number of hydrogen-bond acceptors (Lipinski definition) is 1. The lowest BCUT2D eigenvalue weighted by molar-refractivity contribution is 0.655. The third-order valence-electron chi connectivity index (χ3n) is 5.26. The molecule has 6 rings (SSSR count). The molecule has 3 heteroatoms. The van der Waals surface area contributed by atoms with Gasteiger partial charge in [0.15, 0.2) is 5.58 Å². The van der Waals surface area contributed by atoms with E-state index in [0.29, 0.717) is 0 Å². The summed E-state index contributed by atoms with van der Waals surface area (Å²) in [6.07, 6.45) is 0. The van der Waals surface area contributed by atoms with Gasteiger partial charge in [-0.25, -0.2) is 0 Å². The second kappa shape index (κ2) is 5.48. The number of para-hydroxylation sites is 2. The van der Waals surface area contributed by atoms with Crippen molar-refractivity contribution in [1.29, 1.82) is 0 Å². The number of halogens is 1. The van der Waals surface area contributed by atoms with Crippen molar-refractivity contribution < 1.29 is 4.42 Å². The zero-order valence-corrected chi connectivity index (χ0v) is 15.9. The maximum atomic E-state index is 6.09. The first-order valence-corrected chi connectivity index (χ1v) is 9.69. The number of benzene rings is 4. The quantitative estimate of drug-likeness (QED) is 0.275. The monoisotopic (exact) mass is 411 g/mol. The molecule has 4 aromatic carbocycles. The molecular formula is C24H14BrNO. The summed E-state index contributed by atoms with van der Waals surface area (Å²) in [5, 5.41) is 3.67. The summed E-state index contributed by atoms with van der Waals surface area (Å²) in [5.74, 6) is 0. The summed E-state index contributed by atoms with van der Waals surface area (Å²) in [6, 6.07) is 29.8. The highest BCUT2D eigenvalue weighted by atomic mass is 79.9. The molecule has 2 aromatic heterocycles. The Bertz CT molecular complexity index is 1490. The standard InChI is InChI=1S/C24H14BrNO/c25-23-19-14-18(17-10-9-15-5-1-2-6-16(15)13-17)11-12-20(19)26-21-7-3-4-8-22(21)27-24(23)26/h1-14H. The average molecular weight is 412 g/mol. The SMILES string of the molecule is Brc1c2cc(-c3ccc4ccccc4c3)ccc2n2c1oc1ccccc12. The Morgan fingerprint density at radius 1 is 0.667 bits per heavy atom. The van der Waals surface area contributed by atoms with Crippen LogP contribution in [-0.4, -0.2) is 4.40 Å². The van der Waals surface area contributed by atoms with Crippen molar-refractivity contribution in [3.63, 3.8) is 0 Å². The fraction of sp³-hybridized carbons (Fsp3) is 0. The van der Waals surface area contributed by atoms with Gasteiger partial charge in [0.1, 0.15) is 0 Å². The van der Waals surface area contributed by atoms with Crippen molar-refractivity contribution >= 4 is 54.4 Å². The van der Waals surface area contributed by atoms with E-state index in [1.54, 1.807) is 0 Å². The van der Waals surface area contributed by atoms with Gasteiger partial charge in [-0.15, -0.1) is 0 Å². The van der Waals surface area contributed by atoms with Gasteiger partial charge in [-0.05, 0) is 68.2 Å². The molecular weight excluding hydrogens is 398 g/mol. The minimum Gasteiger partial charge on any atom is -0.437 e. The highest BCUT2D eigenvalue weighted by Gasteiger charge is 2.17. The molecule has 0 bridgehead atoms. The second-order valence-electron chi connectivity index (χ2n) is 6.82. The number of nitrogens with zero attached hydrogens (tertiary/aromatic N) is 1. The first kappa shape index (κ1) is 15.1. The van der Waals surface area contributed by atoms with Crippen molar-refractivity contribution in [1.82, 2.24) is 4.40 Å². The molecule has 27 heavy (non-hydrogen) atoms. The van der Waals surface area contributed by atoms with Crippen LogP contribution in [0.1, 0.15) is 0 Å². The molecule has 0 saturated carbocycles. The molecule has 0 saturated heterocycles. The van der Waals surface area contributed by atoms with Crippen molar-refractivity contribution in [3.8, 4) is 11.1 Å². The first-order chi connectivity index (χ1) is 13.3. The summed E-state index contributed by atoms with van der Waals surface area (Å²) in [5.41, 5.74) is 6.39. The lowest BCUT2D eigenvalue weighted by Gasteiger charge is -2.05. The third kappa shape index (κ3) is 2.12. The Kier molecular flexibility index (Phi) is 3.06. The lowest BCUT2D eigenvalue weighted by Crippen LogP contribution is -1.82. The fourth-order valence-corrected chi connectivity index (χ4v) is 4.52. The summed E-state index contributed by atoms with van der Waals surface area (Å²) < 4.78 is 9.26. The van der Waals surface area contributed by atoms with Gasteiger partial charge in [0.25, 0.3) is 0 Å². The number of aromatic nitrogens is 1. The number of oxazole rings is 1. The number of rotatable bonds is 1. The molecule has 0 spiro atoms. The van der Waals surface area contributed by atoms with E-state index in [9.17, 15) is 0 Å². The van der Waals surface area contributed by atoms with Crippen LogP contribution in [0.5, 0.6) is 0 Å². The van der Waals surface area contributed by atoms with Crippen LogP contribution < -0.4 is 0 Å². The molecule has 0 aliphatic rings. The maximum Gasteiger partial charge on any atom is 0.220 e. The molecule has 0 aliphatic heterocycles. The van der Waals surface area contributed by atoms with Gasteiger partial charge in [-0.3, -0.25) is 4.40 Å². The van der Waals surface area contributed by atoms with Crippen LogP contribution >= 0.6 is 15.9 Å².